The summed E-state index contributed by atoms with van der Waals surface area (Å²) in [5.41, 5.74) is 3.75. The lowest BCUT2D eigenvalue weighted by molar-refractivity contribution is -0.138. The molecule has 1 amide bonds. The molecule has 0 aliphatic heterocycles. The first kappa shape index (κ1) is 15.6. The van der Waals surface area contributed by atoms with Crippen molar-refractivity contribution in [3.8, 4) is 5.75 Å². The maximum Gasteiger partial charge on any atom is 0.263 e. The van der Waals surface area contributed by atoms with Crippen molar-refractivity contribution in [2.75, 3.05) is 7.05 Å². The van der Waals surface area contributed by atoms with Gasteiger partial charge in [-0.3, -0.25) is 4.79 Å². The summed E-state index contributed by atoms with van der Waals surface area (Å²) in [7, 11) is 1.88. The third kappa shape index (κ3) is 3.24. The second kappa shape index (κ2) is 6.45. The predicted octanol–water partition coefficient (Wildman–Crippen LogP) is 3.91. The topological polar surface area (TPSA) is 29.5 Å². The van der Waals surface area contributed by atoms with Gasteiger partial charge in [0.2, 0.25) is 0 Å². The Kier molecular flexibility index (Phi) is 4.37. The van der Waals surface area contributed by atoms with Gasteiger partial charge in [0.1, 0.15) is 5.75 Å². The summed E-state index contributed by atoms with van der Waals surface area (Å²) in [6.45, 7) is 3.84. The van der Waals surface area contributed by atoms with Gasteiger partial charge >= 0.3 is 0 Å². The normalized spacial score (nSPS) is 17.4. The molecule has 0 radical (unpaired) electrons. The zero-order valence-corrected chi connectivity index (χ0v) is 14.0. The van der Waals surface area contributed by atoms with Crippen molar-refractivity contribution in [2.24, 2.45) is 0 Å². The van der Waals surface area contributed by atoms with Crippen molar-refractivity contribution in [1.82, 2.24) is 4.90 Å². The van der Waals surface area contributed by atoms with E-state index in [2.05, 4.69) is 18.2 Å². The summed E-state index contributed by atoms with van der Waals surface area (Å²) in [6.07, 6.45) is 1.53. The number of carbonyl (C=O) groups excluding carboxylic acids is 1. The molecule has 3 rings (SSSR count). The fourth-order valence-electron chi connectivity index (χ4n) is 3.32. The number of aryl methyl sites for hydroxylation is 2. The number of fused-ring (bicyclic) bond motifs is 1. The smallest absolute Gasteiger partial charge is 0.263 e. The van der Waals surface area contributed by atoms with Gasteiger partial charge in [-0.2, -0.15) is 0 Å². The average Bonchev–Trinajstić information content (AvgIpc) is 2.97. The molecule has 2 aromatic carbocycles. The number of benzene rings is 2. The Bertz CT molecular complexity index is 710. The fraction of sp³-hybridized carbons (Fsp3) is 0.350. The molecule has 1 aliphatic rings. The summed E-state index contributed by atoms with van der Waals surface area (Å²) in [5, 5.41) is 0. The minimum atomic E-state index is -0.491. The van der Waals surface area contributed by atoms with Crippen LogP contribution in [0.2, 0.25) is 0 Å². The summed E-state index contributed by atoms with van der Waals surface area (Å²) in [5.74, 6) is 0.763. The van der Waals surface area contributed by atoms with Crippen LogP contribution in [0.1, 0.15) is 36.1 Å². The van der Waals surface area contributed by atoms with E-state index in [1.165, 1.54) is 11.1 Å². The number of nitrogens with zero attached hydrogens (tertiary/aromatic N) is 1. The van der Waals surface area contributed by atoms with Gasteiger partial charge in [0, 0.05) is 7.05 Å². The van der Waals surface area contributed by atoms with Gasteiger partial charge in [-0.15, -0.1) is 0 Å². The lowest BCUT2D eigenvalue weighted by Gasteiger charge is -2.28. The molecule has 1 aliphatic carbocycles. The van der Waals surface area contributed by atoms with Crippen molar-refractivity contribution in [3.63, 3.8) is 0 Å². The lowest BCUT2D eigenvalue weighted by atomic mass is 10.1. The second-order valence-corrected chi connectivity index (χ2v) is 6.28. The van der Waals surface area contributed by atoms with Gasteiger partial charge in [-0.1, -0.05) is 36.4 Å². The van der Waals surface area contributed by atoms with Crippen molar-refractivity contribution >= 4 is 5.91 Å². The zero-order chi connectivity index (χ0) is 16.4. The molecule has 2 atom stereocenters. The molecule has 0 saturated carbocycles. The number of ether oxygens (including phenoxy) is 1. The van der Waals surface area contributed by atoms with Crippen LogP contribution in [0.15, 0.2) is 48.5 Å². The number of amides is 1. The van der Waals surface area contributed by atoms with Gasteiger partial charge in [-0.05, 0) is 55.5 Å². The van der Waals surface area contributed by atoms with E-state index in [1.807, 2.05) is 56.1 Å². The Hall–Kier alpha value is -2.29. The summed E-state index contributed by atoms with van der Waals surface area (Å²) in [6, 6.07) is 16.3. The van der Waals surface area contributed by atoms with E-state index >= 15 is 0 Å². The molecule has 23 heavy (non-hydrogen) atoms. The van der Waals surface area contributed by atoms with Crippen LogP contribution < -0.4 is 4.74 Å². The Morgan fingerprint density at radius 2 is 2.00 bits per heavy atom. The molecule has 2 aromatic rings. The van der Waals surface area contributed by atoms with Crippen LogP contribution in [-0.2, 0) is 11.2 Å². The Morgan fingerprint density at radius 3 is 2.78 bits per heavy atom. The van der Waals surface area contributed by atoms with Crippen LogP contribution in [0, 0.1) is 6.92 Å². The standard InChI is InChI=1S/C20H23NO2/c1-14-7-6-9-17(13-14)23-15(2)20(22)21(3)19-12-11-16-8-4-5-10-18(16)19/h4-10,13,15,19H,11-12H2,1-3H3. The van der Waals surface area contributed by atoms with Gasteiger partial charge in [-0.25, -0.2) is 0 Å². The first-order chi connectivity index (χ1) is 11.1. The van der Waals surface area contributed by atoms with E-state index in [-0.39, 0.29) is 11.9 Å². The van der Waals surface area contributed by atoms with Crippen molar-refractivity contribution < 1.29 is 9.53 Å². The maximum atomic E-state index is 12.7. The molecule has 0 fully saturated rings. The van der Waals surface area contributed by atoms with Crippen LogP contribution in [0.25, 0.3) is 0 Å². The van der Waals surface area contributed by atoms with Crippen LogP contribution in [0.3, 0.4) is 0 Å². The highest BCUT2D eigenvalue weighted by atomic mass is 16.5. The quantitative estimate of drug-likeness (QED) is 0.857. The minimum absolute atomic E-state index is 0.0215. The van der Waals surface area contributed by atoms with Crippen LogP contribution in [0.4, 0.5) is 0 Å². The largest absolute Gasteiger partial charge is 0.481 e. The summed E-state index contributed by atoms with van der Waals surface area (Å²) >= 11 is 0. The molecule has 0 saturated heterocycles. The van der Waals surface area contributed by atoms with Gasteiger partial charge in [0.15, 0.2) is 6.10 Å². The SMILES string of the molecule is Cc1cccc(OC(C)C(=O)N(C)C2CCc3ccccc32)c1. The Labute approximate surface area is 137 Å². The van der Waals surface area contributed by atoms with Crippen molar-refractivity contribution in [3.05, 3.63) is 65.2 Å². The number of carbonyl (C=O) groups is 1. The number of rotatable bonds is 4. The number of likely N-dealkylation sites (N-methyl/N-ethyl adjacent to an activating group) is 1. The Balaban J connectivity index is 1.70. The first-order valence-electron chi connectivity index (χ1n) is 8.14. The van der Waals surface area contributed by atoms with E-state index in [4.69, 9.17) is 4.74 Å². The van der Waals surface area contributed by atoms with Crippen LogP contribution >= 0.6 is 0 Å². The predicted molar refractivity (Wildman–Crippen MR) is 91.5 cm³/mol. The fourth-order valence-corrected chi connectivity index (χ4v) is 3.32. The molecular formula is C20H23NO2. The minimum Gasteiger partial charge on any atom is -0.481 e. The van der Waals surface area contributed by atoms with Gasteiger partial charge < -0.3 is 9.64 Å². The highest BCUT2D eigenvalue weighted by Gasteiger charge is 2.31. The monoisotopic (exact) mass is 309 g/mol. The molecule has 3 heteroatoms. The molecule has 0 spiro atoms. The molecule has 3 nitrogen and oxygen atoms in total. The highest BCUT2D eigenvalue weighted by molar-refractivity contribution is 5.81. The van der Waals surface area contributed by atoms with E-state index in [0.29, 0.717) is 0 Å². The van der Waals surface area contributed by atoms with Gasteiger partial charge in [0.25, 0.3) is 5.91 Å². The van der Waals surface area contributed by atoms with E-state index in [1.54, 1.807) is 0 Å². The third-order valence-corrected chi connectivity index (χ3v) is 4.57. The molecule has 0 heterocycles. The maximum absolute atomic E-state index is 12.7. The average molecular weight is 309 g/mol. The van der Waals surface area contributed by atoms with E-state index in [9.17, 15) is 4.79 Å². The highest BCUT2D eigenvalue weighted by Crippen LogP contribution is 2.35. The van der Waals surface area contributed by atoms with E-state index in [0.717, 1.165) is 24.2 Å². The zero-order valence-electron chi connectivity index (χ0n) is 14.0. The Morgan fingerprint density at radius 1 is 1.22 bits per heavy atom. The van der Waals surface area contributed by atoms with Crippen LogP contribution in [-0.4, -0.2) is 24.0 Å². The van der Waals surface area contributed by atoms with E-state index < -0.39 is 6.10 Å². The molecule has 0 N–H and O–H groups in total. The molecule has 120 valence electrons. The molecular weight excluding hydrogens is 286 g/mol. The lowest BCUT2D eigenvalue weighted by Crippen LogP contribution is -2.39. The third-order valence-electron chi connectivity index (χ3n) is 4.57. The first-order valence-corrected chi connectivity index (χ1v) is 8.14. The number of hydrogen-bond donors (Lipinski definition) is 0. The molecule has 0 bridgehead atoms. The summed E-state index contributed by atoms with van der Waals surface area (Å²) < 4.78 is 5.83. The van der Waals surface area contributed by atoms with Crippen molar-refractivity contribution in [2.45, 2.75) is 38.8 Å². The summed E-state index contributed by atoms with van der Waals surface area (Å²) in [4.78, 5) is 14.6. The molecule has 0 aromatic heterocycles. The molecule has 2 unspecified atom stereocenters. The second-order valence-electron chi connectivity index (χ2n) is 6.28. The van der Waals surface area contributed by atoms with Crippen LogP contribution in [0.5, 0.6) is 5.75 Å². The number of hydrogen-bond acceptors (Lipinski definition) is 2. The van der Waals surface area contributed by atoms with Crippen molar-refractivity contribution in [1.29, 1.82) is 0 Å². The van der Waals surface area contributed by atoms with Gasteiger partial charge in [0.05, 0.1) is 6.04 Å².